The van der Waals surface area contributed by atoms with Crippen LogP contribution in [0.25, 0.3) is 17.0 Å². The van der Waals surface area contributed by atoms with Gasteiger partial charge < -0.3 is 9.15 Å². The normalized spacial score (nSPS) is 12.1. The third kappa shape index (κ3) is 2.09. The number of fused-ring (bicyclic) bond motifs is 1. The Morgan fingerprint density at radius 2 is 2.44 bits per heavy atom. The lowest BCUT2D eigenvalue weighted by Crippen LogP contribution is -1.87. The third-order valence-electron chi connectivity index (χ3n) is 2.03. The summed E-state index contributed by atoms with van der Waals surface area (Å²) in [6, 6.07) is 1.83. The topological polar surface area (TPSA) is 48.2 Å². The van der Waals surface area contributed by atoms with Gasteiger partial charge in [-0.15, -0.1) is 0 Å². The predicted molar refractivity (Wildman–Crippen MR) is 64.8 cm³/mol. The van der Waals surface area contributed by atoms with Crippen LogP contribution < -0.4 is 0 Å². The van der Waals surface area contributed by atoms with E-state index in [1.54, 1.807) is 13.3 Å². The number of allylic oxidation sites excluding steroid dienone is 1. The zero-order valence-electron chi connectivity index (χ0n) is 9.03. The Kier molecular flexibility index (Phi) is 3.24. The summed E-state index contributed by atoms with van der Waals surface area (Å²) in [6.45, 7) is 2.02. The Hall–Kier alpha value is -1.36. The van der Waals surface area contributed by atoms with Crippen LogP contribution in [0.1, 0.15) is 19.2 Å². The van der Waals surface area contributed by atoms with Crippen molar-refractivity contribution in [2.75, 3.05) is 7.11 Å². The van der Waals surface area contributed by atoms with Gasteiger partial charge in [0.2, 0.25) is 0 Å². The lowest BCUT2D eigenvalue weighted by molar-refractivity contribution is 0.350. The molecule has 0 saturated carbocycles. The van der Waals surface area contributed by atoms with Gasteiger partial charge in [-0.05, 0) is 28.4 Å². The van der Waals surface area contributed by atoms with E-state index in [0.29, 0.717) is 22.9 Å². The number of pyridine rings is 1. The van der Waals surface area contributed by atoms with E-state index in [0.717, 1.165) is 10.9 Å². The van der Waals surface area contributed by atoms with Crippen molar-refractivity contribution in [3.8, 4) is 0 Å². The van der Waals surface area contributed by atoms with E-state index in [1.165, 1.54) is 0 Å². The zero-order valence-corrected chi connectivity index (χ0v) is 10.6. The van der Waals surface area contributed by atoms with E-state index in [2.05, 4.69) is 25.9 Å². The molecule has 5 heteroatoms. The molecule has 0 aliphatic carbocycles. The highest BCUT2D eigenvalue weighted by Gasteiger charge is 2.11. The van der Waals surface area contributed by atoms with Crippen LogP contribution in [-0.4, -0.2) is 17.1 Å². The number of hydrogen-bond acceptors (Lipinski definition) is 4. The highest BCUT2D eigenvalue weighted by molar-refractivity contribution is 9.10. The summed E-state index contributed by atoms with van der Waals surface area (Å²) in [7, 11) is 1.60. The molecule has 0 bridgehead atoms. The molecule has 0 aliphatic rings. The average Bonchev–Trinajstić information content (AvgIpc) is 2.68. The summed E-state index contributed by atoms with van der Waals surface area (Å²) in [5.41, 5.74) is 1.22. The van der Waals surface area contributed by atoms with Crippen molar-refractivity contribution < 1.29 is 9.15 Å². The van der Waals surface area contributed by atoms with Gasteiger partial charge in [0.1, 0.15) is 0 Å². The minimum Gasteiger partial charge on any atom is -0.491 e. The summed E-state index contributed by atoms with van der Waals surface area (Å²) in [5.74, 6) is 1.10. The van der Waals surface area contributed by atoms with Gasteiger partial charge in [0, 0.05) is 16.7 Å². The quantitative estimate of drug-likeness (QED) is 0.810. The number of hydrogen-bond donors (Lipinski definition) is 0. The number of oxazole rings is 1. The summed E-state index contributed by atoms with van der Waals surface area (Å²) in [4.78, 5) is 8.40. The standard InChI is InChI=1S/C11H11BrN2O2/c1-3-4-8(15-2)11-14-10-9(16-11)5-7(12)6-13-10/h4-6H,3H2,1-2H3/b8-4-. The maximum Gasteiger partial charge on any atom is 0.264 e. The second kappa shape index (κ2) is 4.65. The molecule has 16 heavy (non-hydrogen) atoms. The first kappa shape index (κ1) is 11.1. The average molecular weight is 283 g/mol. The predicted octanol–water partition coefficient (Wildman–Crippen LogP) is 3.38. The summed E-state index contributed by atoms with van der Waals surface area (Å²) in [5, 5.41) is 0. The van der Waals surface area contributed by atoms with Crippen molar-refractivity contribution in [1.82, 2.24) is 9.97 Å². The van der Waals surface area contributed by atoms with Crippen LogP contribution in [0.15, 0.2) is 27.2 Å². The van der Waals surface area contributed by atoms with Gasteiger partial charge in [0.15, 0.2) is 17.0 Å². The Morgan fingerprint density at radius 3 is 3.12 bits per heavy atom. The summed E-state index contributed by atoms with van der Waals surface area (Å²) >= 11 is 3.33. The molecule has 0 spiro atoms. The molecule has 0 radical (unpaired) electrons. The molecule has 0 saturated heterocycles. The van der Waals surface area contributed by atoms with Crippen molar-refractivity contribution in [2.45, 2.75) is 13.3 Å². The molecule has 84 valence electrons. The van der Waals surface area contributed by atoms with Crippen LogP contribution in [0.5, 0.6) is 0 Å². The number of nitrogens with zero attached hydrogens (tertiary/aromatic N) is 2. The van der Waals surface area contributed by atoms with E-state index in [-0.39, 0.29) is 0 Å². The van der Waals surface area contributed by atoms with Crippen molar-refractivity contribution in [1.29, 1.82) is 0 Å². The molecular weight excluding hydrogens is 272 g/mol. The van der Waals surface area contributed by atoms with Crippen molar-refractivity contribution in [2.24, 2.45) is 0 Å². The molecule has 2 aromatic heterocycles. The summed E-state index contributed by atoms with van der Waals surface area (Å²) < 4.78 is 11.6. The maximum atomic E-state index is 5.56. The monoisotopic (exact) mass is 282 g/mol. The van der Waals surface area contributed by atoms with Gasteiger partial charge in [-0.2, -0.15) is 4.98 Å². The van der Waals surface area contributed by atoms with Crippen LogP contribution in [0, 0.1) is 0 Å². The largest absolute Gasteiger partial charge is 0.491 e. The number of methoxy groups -OCH3 is 1. The van der Waals surface area contributed by atoms with E-state index >= 15 is 0 Å². The van der Waals surface area contributed by atoms with Gasteiger partial charge in [0.25, 0.3) is 5.89 Å². The highest BCUT2D eigenvalue weighted by atomic mass is 79.9. The zero-order chi connectivity index (χ0) is 11.5. The van der Waals surface area contributed by atoms with Gasteiger partial charge >= 0.3 is 0 Å². The van der Waals surface area contributed by atoms with Crippen LogP contribution in [0.4, 0.5) is 0 Å². The summed E-state index contributed by atoms with van der Waals surface area (Å²) in [6.07, 6.45) is 4.46. The highest BCUT2D eigenvalue weighted by Crippen LogP contribution is 2.22. The maximum absolute atomic E-state index is 5.56. The molecule has 0 atom stereocenters. The van der Waals surface area contributed by atoms with Gasteiger partial charge in [-0.1, -0.05) is 6.92 Å². The molecule has 0 aromatic carbocycles. The van der Waals surface area contributed by atoms with Crippen LogP contribution >= 0.6 is 15.9 Å². The second-order valence-corrected chi connectivity index (χ2v) is 4.09. The molecule has 0 N–H and O–H groups in total. The number of ether oxygens (including phenoxy) is 1. The second-order valence-electron chi connectivity index (χ2n) is 3.18. The molecule has 2 heterocycles. The van der Waals surface area contributed by atoms with E-state index < -0.39 is 0 Å². The Labute approximate surface area is 101 Å². The molecular formula is C11H11BrN2O2. The fraction of sp³-hybridized carbons (Fsp3) is 0.273. The van der Waals surface area contributed by atoms with Gasteiger partial charge in [0.05, 0.1) is 7.11 Å². The first-order chi connectivity index (χ1) is 7.74. The van der Waals surface area contributed by atoms with E-state index in [4.69, 9.17) is 9.15 Å². The van der Waals surface area contributed by atoms with Crippen molar-refractivity contribution >= 4 is 32.9 Å². The Morgan fingerprint density at radius 1 is 1.62 bits per heavy atom. The molecule has 0 aliphatic heterocycles. The number of halogens is 1. The molecule has 0 fully saturated rings. The first-order valence-electron chi connectivity index (χ1n) is 4.91. The SMILES string of the molecule is CC/C=C(\OC)c1nc2ncc(Br)cc2o1. The van der Waals surface area contributed by atoms with Crippen LogP contribution in [-0.2, 0) is 4.74 Å². The van der Waals surface area contributed by atoms with Gasteiger partial charge in [-0.25, -0.2) is 4.98 Å². The number of aromatic nitrogens is 2. The van der Waals surface area contributed by atoms with E-state index in [9.17, 15) is 0 Å². The lowest BCUT2D eigenvalue weighted by Gasteiger charge is -1.98. The fourth-order valence-electron chi connectivity index (χ4n) is 1.34. The van der Waals surface area contributed by atoms with E-state index in [1.807, 2.05) is 19.1 Å². The fourth-order valence-corrected chi connectivity index (χ4v) is 1.65. The molecule has 0 amide bonds. The minimum absolute atomic E-state index is 0.463. The van der Waals surface area contributed by atoms with Crippen molar-refractivity contribution in [3.05, 3.63) is 28.7 Å². The first-order valence-corrected chi connectivity index (χ1v) is 5.70. The molecule has 2 aromatic rings. The number of rotatable bonds is 3. The smallest absolute Gasteiger partial charge is 0.264 e. The Balaban J connectivity index is 2.50. The molecule has 2 rings (SSSR count). The van der Waals surface area contributed by atoms with Crippen LogP contribution in [0.2, 0.25) is 0 Å². The lowest BCUT2D eigenvalue weighted by atomic mass is 10.4. The molecule has 0 unspecified atom stereocenters. The minimum atomic E-state index is 0.463. The van der Waals surface area contributed by atoms with Crippen molar-refractivity contribution in [3.63, 3.8) is 0 Å². The third-order valence-corrected chi connectivity index (χ3v) is 2.47. The van der Waals surface area contributed by atoms with Crippen LogP contribution in [0.3, 0.4) is 0 Å². The van der Waals surface area contributed by atoms with Gasteiger partial charge in [-0.3, -0.25) is 0 Å². The Bertz CT molecular complexity index is 534. The molecule has 4 nitrogen and oxygen atoms in total.